The summed E-state index contributed by atoms with van der Waals surface area (Å²) in [7, 11) is -3.30. The van der Waals surface area contributed by atoms with Crippen molar-refractivity contribution in [2.75, 3.05) is 0 Å². The molecule has 0 saturated heterocycles. The molecule has 0 radical (unpaired) electrons. The molecule has 0 N–H and O–H groups in total. The Morgan fingerprint density at radius 1 is 0.905 bits per heavy atom. The Morgan fingerprint density at radius 2 is 1.48 bits per heavy atom. The van der Waals surface area contributed by atoms with Crippen molar-refractivity contribution in [1.29, 1.82) is 0 Å². The third-order valence-corrected chi connectivity index (χ3v) is 4.51. The first-order valence-electron chi connectivity index (χ1n) is 6.82. The maximum atomic E-state index is 12.3. The Labute approximate surface area is 126 Å². The quantitative estimate of drug-likeness (QED) is 0.862. The van der Waals surface area contributed by atoms with E-state index in [1.807, 2.05) is 20.8 Å². The summed E-state index contributed by atoms with van der Waals surface area (Å²) in [6.45, 7) is 5.92. The van der Waals surface area contributed by atoms with Gasteiger partial charge in [0.05, 0.1) is 10.6 Å². The smallest absolute Gasteiger partial charge is 0.182 e. The first-order valence-corrected chi connectivity index (χ1v) is 8.47. The minimum atomic E-state index is -3.30. The molecule has 4 heteroatoms. The van der Waals surface area contributed by atoms with Gasteiger partial charge in [-0.05, 0) is 50.6 Å². The maximum Gasteiger partial charge on any atom is 0.182 e. The highest BCUT2D eigenvalue weighted by Crippen LogP contribution is 2.21. The van der Waals surface area contributed by atoms with Gasteiger partial charge in [0.25, 0.3) is 0 Å². The van der Waals surface area contributed by atoms with Gasteiger partial charge in [-0.3, -0.25) is 0 Å². The molecule has 3 nitrogen and oxygen atoms in total. The van der Waals surface area contributed by atoms with E-state index in [0.29, 0.717) is 4.90 Å². The molecular weight excluding hydrogens is 284 g/mol. The molecule has 0 spiro atoms. The van der Waals surface area contributed by atoms with Crippen LogP contribution in [0.5, 0.6) is 5.75 Å². The number of ether oxygens (including phenoxy) is 1. The van der Waals surface area contributed by atoms with Crippen LogP contribution in [-0.4, -0.2) is 14.0 Å². The second kappa shape index (κ2) is 5.90. The summed E-state index contributed by atoms with van der Waals surface area (Å²) in [5, 5.41) is 0. The van der Waals surface area contributed by atoms with E-state index in [0.717, 1.165) is 11.3 Å². The molecule has 2 aromatic carbocycles. The molecule has 0 bridgehead atoms. The van der Waals surface area contributed by atoms with Crippen molar-refractivity contribution in [3.05, 3.63) is 60.2 Å². The predicted molar refractivity (Wildman–Crippen MR) is 84.2 cm³/mol. The minimum absolute atomic E-state index is 0.00713. The molecule has 0 heterocycles. The first kappa shape index (κ1) is 15.6. The summed E-state index contributed by atoms with van der Waals surface area (Å²) in [5.74, 6) is 0.732. The Kier molecular flexibility index (Phi) is 4.37. The van der Waals surface area contributed by atoms with Crippen LogP contribution in [0.25, 0.3) is 0 Å². The fourth-order valence-electron chi connectivity index (χ4n) is 1.94. The van der Waals surface area contributed by atoms with Crippen LogP contribution in [0.1, 0.15) is 26.3 Å². The molecule has 0 amide bonds. The molecule has 0 aliphatic carbocycles. The van der Waals surface area contributed by atoms with Crippen LogP contribution in [0, 0.1) is 0 Å². The van der Waals surface area contributed by atoms with Gasteiger partial charge in [-0.25, -0.2) is 8.42 Å². The molecular formula is C17H20O3S. The van der Waals surface area contributed by atoms with E-state index in [2.05, 4.69) is 0 Å². The fourth-order valence-corrected chi connectivity index (χ4v) is 3.31. The monoisotopic (exact) mass is 304 g/mol. The van der Waals surface area contributed by atoms with Crippen molar-refractivity contribution in [1.82, 2.24) is 0 Å². The standard InChI is InChI=1S/C17H20O3S/c1-17(2,3)20-15-11-9-14(10-12-15)13-21(18,19)16-7-5-4-6-8-16/h4-12H,13H2,1-3H3. The Morgan fingerprint density at radius 3 is 2.00 bits per heavy atom. The normalized spacial score (nSPS) is 12.1. The van der Waals surface area contributed by atoms with Crippen molar-refractivity contribution in [3.8, 4) is 5.75 Å². The first-order chi connectivity index (χ1) is 9.76. The van der Waals surface area contributed by atoms with Gasteiger partial charge in [0, 0.05) is 0 Å². The maximum absolute atomic E-state index is 12.3. The summed E-state index contributed by atoms with van der Waals surface area (Å²) in [6.07, 6.45) is 0. The summed E-state index contributed by atoms with van der Waals surface area (Å²) >= 11 is 0. The van der Waals surface area contributed by atoms with E-state index in [1.165, 1.54) is 0 Å². The van der Waals surface area contributed by atoms with Gasteiger partial charge in [0.15, 0.2) is 9.84 Å². The zero-order valence-electron chi connectivity index (χ0n) is 12.5. The van der Waals surface area contributed by atoms with E-state index >= 15 is 0 Å². The average Bonchev–Trinajstić information content (AvgIpc) is 2.40. The lowest BCUT2D eigenvalue weighted by atomic mass is 10.2. The molecule has 112 valence electrons. The molecule has 0 unspecified atom stereocenters. The highest BCUT2D eigenvalue weighted by Gasteiger charge is 2.15. The number of benzene rings is 2. The van der Waals surface area contributed by atoms with Gasteiger partial charge in [0.2, 0.25) is 0 Å². The van der Waals surface area contributed by atoms with Crippen molar-refractivity contribution in [3.63, 3.8) is 0 Å². The highest BCUT2D eigenvalue weighted by atomic mass is 32.2. The van der Waals surface area contributed by atoms with Crippen LogP contribution in [0.2, 0.25) is 0 Å². The Hall–Kier alpha value is -1.81. The third-order valence-electron chi connectivity index (χ3n) is 2.81. The predicted octanol–water partition coefficient (Wildman–Crippen LogP) is 3.84. The molecule has 21 heavy (non-hydrogen) atoms. The summed E-state index contributed by atoms with van der Waals surface area (Å²) in [5.41, 5.74) is 0.484. The number of rotatable bonds is 4. The minimum Gasteiger partial charge on any atom is -0.488 e. The van der Waals surface area contributed by atoms with Crippen molar-refractivity contribution in [2.45, 2.75) is 37.0 Å². The second-order valence-electron chi connectivity index (χ2n) is 5.93. The summed E-state index contributed by atoms with van der Waals surface area (Å²) in [4.78, 5) is 0.347. The molecule has 0 fully saturated rings. The molecule has 2 aromatic rings. The largest absolute Gasteiger partial charge is 0.488 e. The third kappa shape index (κ3) is 4.60. The summed E-state index contributed by atoms with van der Waals surface area (Å²) < 4.78 is 30.3. The lowest BCUT2D eigenvalue weighted by molar-refractivity contribution is 0.131. The Balaban J connectivity index is 2.14. The zero-order chi connectivity index (χ0) is 15.5. The van der Waals surface area contributed by atoms with E-state index in [-0.39, 0.29) is 11.4 Å². The van der Waals surface area contributed by atoms with Gasteiger partial charge >= 0.3 is 0 Å². The van der Waals surface area contributed by atoms with Crippen LogP contribution < -0.4 is 4.74 Å². The van der Waals surface area contributed by atoms with E-state index in [4.69, 9.17) is 4.74 Å². The van der Waals surface area contributed by atoms with Gasteiger partial charge in [-0.1, -0.05) is 30.3 Å². The molecule has 0 aliphatic heterocycles. The summed E-state index contributed by atoms with van der Waals surface area (Å²) in [6, 6.07) is 15.7. The van der Waals surface area contributed by atoms with Crippen LogP contribution in [-0.2, 0) is 15.6 Å². The number of hydrogen-bond acceptors (Lipinski definition) is 3. The van der Waals surface area contributed by atoms with E-state index in [1.54, 1.807) is 54.6 Å². The van der Waals surface area contributed by atoms with Gasteiger partial charge in [-0.2, -0.15) is 0 Å². The van der Waals surface area contributed by atoms with Crippen LogP contribution in [0.15, 0.2) is 59.5 Å². The highest BCUT2D eigenvalue weighted by molar-refractivity contribution is 7.90. The molecule has 2 rings (SSSR count). The number of sulfone groups is 1. The fraction of sp³-hybridized carbons (Fsp3) is 0.294. The SMILES string of the molecule is CC(C)(C)Oc1ccc(CS(=O)(=O)c2ccccc2)cc1. The molecule has 0 aliphatic rings. The van der Waals surface area contributed by atoms with Crippen molar-refractivity contribution < 1.29 is 13.2 Å². The molecule has 0 atom stereocenters. The molecule has 0 aromatic heterocycles. The second-order valence-corrected chi connectivity index (χ2v) is 7.92. The average molecular weight is 304 g/mol. The number of hydrogen-bond donors (Lipinski definition) is 0. The lowest BCUT2D eigenvalue weighted by Crippen LogP contribution is -2.22. The van der Waals surface area contributed by atoms with Crippen LogP contribution >= 0.6 is 0 Å². The zero-order valence-corrected chi connectivity index (χ0v) is 13.4. The van der Waals surface area contributed by atoms with Crippen molar-refractivity contribution in [2.24, 2.45) is 0 Å². The van der Waals surface area contributed by atoms with Gasteiger partial charge in [0.1, 0.15) is 11.4 Å². The van der Waals surface area contributed by atoms with Crippen LogP contribution in [0.3, 0.4) is 0 Å². The van der Waals surface area contributed by atoms with Crippen molar-refractivity contribution >= 4 is 9.84 Å². The van der Waals surface area contributed by atoms with E-state index < -0.39 is 9.84 Å². The van der Waals surface area contributed by atoms with Crippen LogP contribution in [0.4, 0.5) is 0 Å². The van der Waals surface area contributed by atoms with Gasteiger partial charge in [-0.15, -0.1) is 0 Å². The Bertz CT molecular complexity index is 681. The topological polar surface area (TPSA) is 43.4 Å². The van der Waals surface area contributed by atoms with Gasteiger partial charge < -0.3 is 4.74 Å². The van der Waals surface area contributed by atoms with E-state index in [9.17, 15) is 8.42 Å². The lowest BCUT2D eigenvalue weighted by Gasteiger charge is -2.21. The molecule has 0 saturated carbocycles.